The second-order valence-corrected chi connectivity index (χ2v) is 7.05. The van der Waals surface area contributed by atoms with Crippen LogP contribution in [0.25, 0.3) is 0 Å². The maximum absolute atomic E-state index is 11.6. The molecule has 0 saturated heterocycles. The number of amides is 1. The van der Waals surface area contributed by atoms with Crippen molar-refractivity contribution < 1.29 is 24.2 Å². The van der Waals surface area contributed by atoms with E-state index in [9.17, 15) is 9.59 Å². The quantitative estimate of drug-likeness (QED) is 0.722. The van der Waals surface area contributed by atoms with Gasteiger partial charge in [-0.25, -0.2) is 14.6 Å². The lowest BCUT2D eigenvalue weighted by atomic mass is 10.1. The first-order chi connectivity index (χ1) is 12.7. The minimum Gasteiger partial charge on any atom is -0.491 e. The molecule has 8 heteroatoms. The smallest absolute Gasteiger partial charge is 0.407 e. The molecule has 0 aliphatic rings. The van der Waals surface area contributed by atoms with Gasteiger partial charge >= 0.3 is 12.1 Å². The van der Waals surface area contributed by atoms with Crippen LogP contribution in [0.4, 0.5) is 4.79 Å². The molecule has 2 N–H and O–H groups in total. The average Bonchev–Trinajstić information content (AvgIpc) is 3.02. The number of nitrogens with zero attached hydrogens (tertiary/aromatic N) is 2. The molecule has 1 aromatic carbocycles. The molecule has 0 spiro atoms. The molecule has 0 saturated carbocycles. The highest BCUT2D eigenvalue weighted by Gasteiger charge is 2.15. The van der Waals surface area contributed by atoms with Crippen LogP contribution in [0.1, 0.15) is 42.4 Å². The highest BCUT2D eigenvalue weighted by Crippen LogP contribution is 2.22. The summed E-state index contributed by atoms with van der Waals surface area (Å²) in [6.45, 7) is 8.45. The third-order valence-corrected chi connectivity index (χ3v) is 3.63. The fourth-order valence-electron chi connectivity index (χ4n) is 2.37. The summed E-state index contributed by atoms with van der Waals surface area (Å²) in [5.74, 6) is -0.350. The number of hydrogen-bond donors (Lipinski definition) is 2. The lowest BCUT2D eigenvalue weighted by Crippen LogP contribution is -2.34. The number of carbonyl (C=O) groups is 2. The first-order valence-electron chi connectivity index (χ1n) is 8.59. The van der Waals surface area contributed by atoms with Gasteiger partial charge < -0.3 is 24.5 Å². The van der Waals surface area contributed by atoms with Gasteiger partial charge in [-0.2, -0.15) is 0 Å². The number of hydrogen-bond acceptors (Lipinski definition) is 5. The van der Waals surface area contributed by atoms with Crippen molar-refractivity contribution in [3.63, 3.8) is 0 Å². The topological polar surface area (TPSA) is 103 Å². The lowest BCUT2D eigenvalue weighted by Gasteiger charge is -2.19. The number of aromatic carboxylic acids is 1. The molecule has 8 nitrogen and oxygen atoms in total. The zero-order valence-electron chi connectivity index (χ0n) is 16.0. The molecule has 0 aliphatic heterocycles. The van der Waals surface area contributed by atoms with Crippen LogP contribution in [0.3, 0.4) is 0 Å². The van der Waals surface area contributed by atoms with Crippen LogP contribution in [-0.2, 0) is 11.3 Å². The normalized spacial score (nSPS) is 11.1. The number of carboxylic acids is 1. The summed E-state index contributed by atoms with van der Waals surface area (Å²) in [6, 6.07) is 5.67. The number of carbonyl (C=O) groups excluding carboxylic acids is 1. The summed E-state index contributed by atoms with van der Waals surface area (Å²) in [7, 11) is 0. The third-order valence-electron chi connectivity index (χ3n) is 3.63. The van der Waals surface area contributed by atoms with E-state index in [2.05, 4.69) is 10.3 Å². The number of alkyl carbamates (subject to hydrolysis) is 1. The summed E-state index contributed by atoms with van der Waals surface area (Å²) >= 11 is 0. The van der Waals surface area contributed by atoms with Gasteiger partial charge in [-0.15, -0.1) is 0 Å². The lowest BCUT2D eigenvalue weighted by molar-refractivity contribution is 0.0519. The average molecular weight is 375 g/mol. The van der Waals surface area contributed by atoms with Crippen molar-refractivity contribution in [1.82, 2.24) is 14.9 Å². The highest BCUT2D eigenvalue weighted by molar-refractivity contribution is 5.84. The molecule has 1 amide bonds. The van der Waals surface area contributed by atoms with E-state index < -0.39 is 17.7 Å². The molecule has 1 heterocycles. The van der Waals surface area contributed by atoms with Gasteiger partial charge in [0.2, 0.25) is 0 Å². The molecule has 0 unspecified atom stereocenters. The van der Waals surface area contributed by atoms with Crippen LogP contribution < -0.4 is 10.1 Å². The van der Waals surface area contributed by atoms with Gasteiger partial charge in [0.25, 0.3) is 0 Å². The molecule has 0 bridgehead atoms. The van der Waals surface area contributed by atoms with Crippen LogP contribution in [0.5, 0.6) is 5.75 Å². The van der Waals surface area contributed by atoms with Crippen molar-refractivity contribution in [2.75, 3.05) is 13.2 Å². The van der Waals surface area contributed by atoms with E-state index in [-0.39, 0.29) is 5.69 Å². The Kier molecular flexibility index (Phi) is 6.44. The summed E-state index contributed by atoms with van der Waals surface area (Å²) < 4.78 is 12.6. The molecule has 27 heavy (non-hydrogen) atoms. The maximum Gasteiger partial charge on any atom is 0.407 e. The minimum atomic E-state index is -1.06. The fraction of sp³-hybridized carbons (Fsp3) is 0.421. The van der Waals surface area contributed by atoms with E-state index in [0.717, 1.165) is 11.1 Å². The monoisotopic (exact) mass is 375 g/mol. The Balaban J connectivity index is 1.90. The van der Waals surface area contributed by atoms with Gasteiger partial charge in [0, 0.05) is 12.7 Å². The second-order valence-electron chi connectivity index (χ2n) is 7.05. The van der Waals surface area contributed by atoms with Crippen LogP contribution in [-0.4, -0.2) is 45.5 Å². The van der Waals surface area contributed by atoms with Gasteiger partial charge in [0.1, 0.15) is 18.0 Å². The molecule has 0 aliphatic carbocycles. The van der Waals surface area contributed by atoms with Gasteiger partial charge in [-0.05, 0) is 44.9 Å². The Morgan fingerprint density at radius 1 is 1.30 bits per heavy atom. The van der Waals surface area contributed by atoms with Gasteiger partial charge in [-0.3, -0.25) is 0 Å². The van der Waals surface area contributed by atoms with Crippen LogP contribution in [0.15, 0.2) is 30.7 Å². The van der Waals surface area contributed by atoms with Crippen LogP contribution in [0, 0.1) is 6.92 Å². The van der Waals surface area contributed by atoms with E-state index in [1.54, 1.807) is 25.3 Å². The molecule has 0 radical (unpaired) electrons. The fourth-order valence-corrected chi connectivity index (χ4v) is 2.37. The largest absolute Gasteiger partial charge is 0.491 e. The summed E-state index contributed by atoms with van der Waals surface area (Å²) in [5, 5.41) is 11.6. The summed E-state index contributed by atoms with van der Waals surface area (Å²) in [4.78, 5) is 26.4. The van der Waals surface area contributed by atoms with Gasteiger partial charge in [-0.1, -0.05) is 12.1 Å². The molecule has 146 valence electrons. The third kappa shape index (κ3) is 6.32. The standard InChI is InChI=1S/C19H25N3O5/c1-13-14(10-22-11-15(17(23)24)21-12-22)6-5-7-16(13)26-9-8-20-18(25)27-19(2,3)4/h5-7,11-12H,8-10H2,1-4H3,(H,20,25)(H,23,24). The van der Waals surface area contributed by atoms with Gasteiger partial charge in [0.15, 0.2) is 5.69 Å². The van der Waals surface area contributed by atoms with Crippen molar-refractivity contribution in [3.8, 4) is 5.75 Å². The van der Waals surface area contributed by atoms with E-state index in [1.807, 2.05) is 25.1 Å². The minimum absolute atomic E-state index is 0.00766. The number of aromatic nitrogens is 2. The molecule has 2 rings (SSSR count). The first kappa shape index (κ1) is 20.3. The van der Waals surface area contributed by atoms with E-state index in [0.29, 0.717) is 25.4 Å². The zero-order valence-corrected chi connectivity index (χ0v) is 16.0. The Morgan fingerprint density at radius 3 is 2.67 bits per heavy atom. The Labute approximate surface area is 158 Å². The maximum atomic E-state index is 11.6. The Hall–Kier alpha value is -3.03. The molecular formula is C19H25N3O5. The highest BCUT2D eigenvalue weighted by atomic mass is 16.6. The molecule has 2 aromatic rings. The Morgan fingerprint density at radius 2 is 2.04 bits per heavy atom. The number of imidazole rings is 1. The number of carboxylic acid groups (broad SMARTS) is 1. The van der Waals surface area contributed by atoms with Crippen LogP contribution >= 0.6 is 0 Å². The molecule has 1 aromatic heterocycles. The molecule has 0 atom stereocenters. The number of benzene rings is 1. The predicted octanol–water partition coefficient (Wildman–Crippen LogP) is 2.84. The number of ether oxygens (including phenoxy) is 2. The zero-order chi connectivity index (χ0) is 20.0. The Bertz CT molecular complexity index is 808. The van der Waals surface area contributed by atoms with Crippen molar-refractivity contribution in [3.05, 3.63) is 47.5 Å². The van der Waals surface area contributed by atoms with E-state index in [1.165, 1.54) is 12.5 Å². The summed E-state index contributed by atoms with van der Waals surface area (Å²) in [6.07, 6.45) is 2.49. The molecular weight excluding hydrogens is 350 g/mol. The van der Waals surface area contributed by atoms with E-state index >= 15 is 0 Å². The SMILES string of the molecule is Cc1c(Cn2cnc(C(=O)O)c2)cccc1OCCNC(=O)OC(C)(C)C. The van der Waals surface area contributed by atoms with Gasteiger partial charge in [0.05, 0.1) is 12.9 Å². The van der Waals surface area contributed by atoms with Crippen LogP contribution in [0.2, 0.25) is 0 Å². The van der Waals surface area contributed by atoms with Crippen molar-refractivity contribution in [2.45, 2.75) is 39.8 Å². The van der Waals surface area contributed by atoms with Crippen molar-refractivity contribution in [1.29, 1.82) is 0 Å². The number of rotatable bonds is 7. The number of nitrogens with one attached hydrogen (secondary N) is 1. The molecule has 0 fully saturated rings. The second kappa shape index (κ2) is 8.57. The van der Waals surface area contributed by atoms with Crippen molar-refractivity contribution in [2.24, 2.45) is 0 Å². The first-order valence-corrected chi connectivity index (χ1v) is 8.59. The van der Waals surface area contributed by atoms with Crippen molar-refractivity contribution >= 4 is 12.1 Å². The summed E-state index contributed by atoms with van der Waals surface area (Å²) in [5.41, 5.74) is 1.40. The van der Waals surface area contributed by atoms with E-state index in [4.69, 9.17) is 14.6 Å². The predicted molar refractivity (Wildman–Crippen MR) is 99.2 cm³/mol.